The molecule has 0 saturated carbocycles. The minimum Gasteiger partial charge on any atom is -0.480 e. The van der Waals surface area contributed by atoms with E-state index in [4.69, 9.17) is 0 Å². The molecule has 0 bridgehead atoms. The average molecular weight is 290 g/mol. The van der Waals surface area contributed by atoms with Crippen LogP contribution in [0.4, 0.5) is 4.39 Å². The van der Waals surface area contributed by atoms with Crippen LogP contribution in [0.5, 0.6) is 0 Å². The Balaban J connectivity index is 3.21. The number of halogens is 2. The van der Waals surface area contributed by atoms with Crippen LogP contribution in [-0.2, 0) is 10.3 Å². The highest BCUT2D eigenvalue weighted by atomic mass is 79.9. The van der Waals surface area contributed by atoms with Gasteiger partial charge in [-0.3, -0.25) is 5.32 Å². The summed E-state index contributed by atoms with van der Waals surface area (Å²) in [6.07, 6.45) is 0. The molecular weight excluding hydrogens is 277 g/mol. The molecule has 1 atom stereocenters. The van der Waals surface area contributed by atoms with E-state index in [1.54, 1.807) is 6.92 Å². The number of benzene rings is 1. The lowest BCUT2D eigenvalue weighted by molar-refractivity contribution is -0.144. The van der Waals surface area contributed by atoms with Crippen molar-refractivity contribution in [3.05, 3.63) is 34.1 Å². The van der Waals surface area contributed by atoms with Crippen LogP contribution in [0.15, 0.2) is 22.7 Å². The first-order chi connectivity index (χ1) is 7.41. The largest absolute Gasteiger partial charge is 0.480 e. The Morgan fingerprint density at radius 3 is 2.69 bits per heavy atom. The van der Waals surface area contributed by atoms with Gasteiger partial charge in [-0.25, -0.2) is 9.18 Å². The van der Waals surface area contributed by atoms with Crippen molar-refractivity contribution in [1.29, 1.82) is 0 Å². The number of hydrogen-bond acceptors (Lipinski definition) is 2. The summed E-state index contributed by atoms with van der Waals surface area (Å²) in [6.45, 7) is 3.88. The van der Waals surface area contributed by atoms with Gasteiger partial charge in [0.25, 0.3) is 0 Å². The van der Waals surface area contributed by atoms with Gasteiger partial charge >= 0.3 is 5.97 Å². The molecule has 0 aromatic heterocycles. The maximum Gasteiger partial charge on any atom is 0.328 e. The second-order valence-electron chi connectivity index (χ2n) is 3.59. The van der Waals surface area contributed by atoms with Crippen molar-refractivity contribution < 1.29 is 14.3 Å². The third-order valence-corrected chi connectivity index (χ3v) is 3.06. The van der Waals surface area contributed by atoms with Crippen molar-refractivity contribution in [3.63, 3.8) is 0 Å². The van der Waals surface area contributed by atoms with E-state index in [0.29, 0.717) is 12.1 Å². The Hall–Kier alpha value is -0.940. The Labute approximate surface area is 102 Å². The van der Waals surface area contributed by atoms with E-state index >= 15 is 0 Å². The molecule has 1 aromatic rings. The van der Waals surface area contributed by atoms with Crippen LogP contribution in [0.25, 0.3) is 0 Å². The van der Waals surface area contributed by atoms with Crippen molar-refractivity contribution in [2.24, 2.45) is 0 Å². The lowest BCUT2D eigenvalue weighted by Crippen LogP contribution is -2.46. The fourth-order valence-corrected chi connectivity index (χ4v) is 1.84. The van der Waals surface area contributed by atoms with Crippen LogP contribution < -0.4 is 5.32 Å². The lowest BCUT2D eigenvalue weighted by Gasteiger charge is -2.26. The van der Waals surface area contributed by atoms with E-state index in [0.717, 1.165) is 0 Å². The van der Waals surface area contributed by atoms with Gasteiger partial charge in [-0.05, 0) is 47.1 Å². The standard InChI is InChI=1S/C11H13BrFNO2/c1-3-14-11(2,10(15)16)7-4-5-9(13)8(12)6-7/h4-6,14H,3H2,1-2H3,(H,15,16)/t11-/m0/s1. The lowest BCUT2D eigenvalue weighted by atomic mass is 9.92. The van der Waals surface area contributed by atoms with Crippen LogP contribution in [0.1, 0.15) is 19.4 Å². The van der Waals surface area contributed by atoms with Gasteiger partial charge in [0.2, 0.25) is 0 Å². The van der Waals surface area contributed by atoms with Crippen molar-refractivity contribution in [3.8, 4) is 0 Å². The molecule has 0 radical (unpaired) electrons. The average Bonchev–Trinajstić information content (AvgIpc) is 2.22. The van der Waals surface area contributed by atoms with Crippen LogP contribution in [0.2, 0.25) is 0 Å². The molecule has 1 aromatic carbocycles. The number of nitrogens with one attached hydrogen (secondary N) is 1. The molecule has 0 unspecified atom stereocenters. The zero-order chi connectivity index (χ0) is 12.3. The van der Waals surface area contributed by atoms with Gasteiger partial charge in [-0.15, -0.1) is 0 Å². The highest BCUT2D eigenvalue weighted by Gasteiger charge is 2.34. The molecule has 2 N–H and O–H groups in total. The first-order valence-electron chi connectivity index (χ1n) is 4.85. The Morgan fingerprint density at radius 2 is 2.25 bits per heavy atom. The summed E-state index contributed by atoms with van der Waals surface area (Å²) in [6, 6.07) is 4.20. The second-order valence-corrected chi connectivity index (χ2v) is 4.44. The molecule has 0 spiro atoms. The molecule has 5 heteroatoms. The highest BCUT2D eigenvalue weighted by Crippen LogP contribution is 2.26. The van der Waals surface area contributed by atoms with E-state index in [9.17, 15) is 14.3 Å². The third kappa shape index (κ3) is 2.41. The number of carboxylic acid groups (broad SMARTS) is 1. The molecule has 0 aliphatic rings. The number of rotatable bonds is 4. The molecule has 1 rings (SSSR count). The Bertz CT molecular complexity index is 411. The fourth-order valence-electron chi connectivity index (χ4n) is 1.46. The topological polar surface area (TPSA) is 49.3 Å². The number of aliphatic carboxylic acids is 1. The predicted octanol–water partition coefficient (Wildman–Crippen LogP) is 2.50. The molecule has 0 amide bonds. The van der Waals surface area contributed by atoms with Gasteiger partial charge in [0, 0.05) is 0 Å². The van der Waals surface area contributed by atoms with E-state index in [2.05, 4.69) is 21.2 Å². The smallest absolute Gasteiger partial charge is 0.328 e. The summed E-state index contributed by atoms with van der Waals surface area (Å²) >= 11 is 3.04. The number of carboxylic acids is 1. The van der Waals surface area contributed by atoms with Gasteiger partial charge in [0.05, 0.1) is 4.47 Å². The van der Waals surface area contributed by atoms with E-state index < -0.39 is 17.3 Å². The van der Waals surface area contributed by atoms with Gasteiger partial charge in [0.1, 0.15) is 11.4 Å². The quantitative estimate of drug-likeness (QED) is 0.895. The van der Waals surface area contributed by atoms with Gasteiger partial charge in [0.15, 0.2) is 0 Å². The zero-order valence-electron chi connectivity index (χ0n) is 9.05. The van der Waals surface area contributed by atoms with Gasteiger partial charge in [-0.2, -0.15) is 0 Å². The summed E-state index contributed by atoms with van der Waals surface area (Å²) in [5.74, 6) is -1.40. The first-order valence-corrected chi connectivity index (χ1v) is 5.65. The fraction of sp³-hybridized carbons (Fsp3) is 0.364. The van der Waals surface area contributed by atoms with Gasteiger partial charge < -0.3 is 5.11 Å². The maximum atomic E-state index is 13.1. The van der Waals surface area contributed by atoms with Gasteiger partial charge in [-0.1, -0.05) is 13.0 Å². The maximum absolute atomic E-state index is 13.1. The molecule has 0 saturated heterocycles. The van der Waals surface area contributed by atoms with E-state index in [1.165, 1.54) is 18.2 Å². The van der Waals surface area contributed by atoms with Crippen molar-refractivity contribution in [2.45, 2.75) is 19.4 Å². The van der Waals surface area contributed by atoms with Crippen LogP contribution in [0, 0.1) is 5.82 Å². The van der Waals surface area contributed by atoms with Crippen molar-refractivity contribution in [1.82, 2.24) is 5.32 Å². The summed E-state index contributed by atoms with van der Waals surface area (Å²) in [7, 11) is 0. The summed E-state index contributed by atoms with van der Waals surface area (Å²) in [5.41, 5.74) is -0.694. The summed E-state index contributed by atoms with van der Waals surface area (Å²) < 4.78 is 13.3. The highest BCUT2D eigenvalue weighted by molar-refractivity contribution is 9.10. The first kappa shape index (κ1) is 13.1. The van der Waals surface area contributed by atoms with E-state index in [1.807, 2.05) is 6.92 Å². The normalized spacial score (nSPS) is 14.5. The molecule has 88 valence electrons. The third-order valence-electron chi connectivity index (χ3n) is 2.46. The number of likely N-dealkylation sites (N-methyl/N-ethyl adjacent to an activating group) is 1. The molecule has 0 heterocycles. The Morgan fingerprint density at radius 1 is 1.62 bits per heavy atom. The van der Waals surface area contributed by atoms with Crippen molar-refractivity contribution >= 4 is 21.9 Å². The summed E-state index contributed by atoms with van der Waals surface area (Å²) in [5, 5.41) is 12.1. The number of carbonyl (C=O) groups is 1. The van der Waals surface area contributed by atoms with Crippen LogP contribution >= 0.6 is 15.9 Å². The molecule has 0 aliphatic carbocycles. The van der Waals surface area contributed by atoms with Crippen LogP contribution in [0.3, 0.4) is 0 Å². The predicted molar refractivity (Wildman–Crippen MR) is 62.8 cm³/mol. The monoisotopic (exact) mass is 289 g/mol. The molecule has 16 heavy (non-hydrogen) atoms. The molecule has 0 fully saturated rings. The SMILES string of the molecule is CCN[C@](C)(C(=O)O)c1ccc(F)c(Br)c1. The second kappa shape index (κ2) is 4.93. The molecule has 3 nitrogen and oxygen atoms in total. The minimum atomic E-state index is -1.20. The van der Waals surface area contributed by atoms with Crippen molar-refractivity contribution in [2.75, 3.05) is 6.54 Å². The molecule has 0 aliphatic heterocycles. The van der Waals surface area contributed by atoms with Crippen LogP contribution in [-0.4, -0.2) is 17.6 Å². The number of hydrogen-bond donors (Lipinski definition) is 2. The Kier molecular flexibility index (Phi) is 4.04. The summed E-state index contributed by atoms with van der Waals surface area (Å²) in [4.78, 5) is 11.2. The minimum absolute atomic E-state index is 0.260. The zero-order valence-corrected chi connectivity index (χ0v) is 10.6. The van der Waals surface area contributed by atoms with E-state index in [-0.39, 0.29) is 4.47 Å². The molecular formula is C11H13BrFNO2.